The maximum absolute atomic E-state index is 12.1. The van der Waals surface area contributed by atoms with Gasteiger partial charge in [-0.05, 0) is 35.0 Å². The van der Waals surface area contributed by atoms with Crippen LogP contribution in [0.5, 0.6) is 0 Å². The van der Waals surface area contributed by atoms with E-state index in [2.05, 4.69) is 26.2 Å². The molecule has 2 aromatic rings. The van der Waals surface area contributed by atoms with Crippen LogP contribution in [0.25, 0.3) is 0 Å². The molecule has 2 N–H and O–H groups in total. The number of carbonyl (C=O) groups excluding carboxylic acids is 1. The molecule has 1 aromatic carbocycles. The third kappa shape index (κ3) is 2.72. The first-order valence-electron chi connectivity index (χ1n) is 5.67. The topological polar surface area (TPSA) is 92.4 Å². The summed E-state index contributed by atoms with van der Waals surface area (Å²) in [7, 11) is 0. The van der Waals surface area contributed by atoms with E-state index in [0.29, 0.717) is 16.1 Å². The molecule has 6 nitrogen and oxygen atoms in total. The van der Waals surface area contributed by atoms with Gasteiger partial charge in [0.2, 0.25) is 5.76 Å². The van der Waals surface area contributed by atoms with Gasteiger partial charge < -0.3 is 14.8 Å². The summed E-state index contributed by atoms with van der Waals surface area (Å²) in [6.45, 7) is 3.27. The van der Waals surface area contributed by atoms with Crippen molar-refractivity contribution < 1.29 is 19.1 Å². The Bertz CT molecular complexity index is 694. The van der Waals surface area contributed by atoms with E-state index in [1.165, 1.54) is 6.07 Å². The van der Waals surface area contributed by atoms with E-state index in [1.807, 2.05) is 0 Å². The van der Waals surface area contributed by atoms with Gasteiger partial charge in [-0.2, -0.15) is 0 Å². The molecule has 2 rings (SSSR count). The quantitative estimate of drug-likeness (QED) is 0.897. The number of carboxylic acid groups (broad SMARTS) is 1. The monoisotopic (exact) mass is 338 g/mol. The normalized spacial score (nSPS) is 10.3. The van der Waals surface area contributed by atoms with Gasteiger partial charge in [0.25, 0.3) is 5.91 Å². The Labute approximate surface area is 122 Å². The van der Waals surface area contributed by atoms with E-state index in [0.717, 1.165) is 0 Å². The fourth-order valence-corrected chi connectivity index (χ4v) is 2.21. The summed E-state index contributed by atoms with van der Waals surface area (Å²) in [6, 6.07) is 4.62. The molecule has 104 valence electrons. The summed E-state index contributed by atoms with van der Waals surface area (Å²) in [5, 5.41) is 11.7. The molecule has 0 aliphatic heterocycles. The lowest BCUT2D eigenvalue weighted by atomic mass is 10.1. The van der Waals surface area contributed by atoms with Crippen LogP contribution in [-0.2, 0) is 0 Å². The van der Waals surface area contributed by atoms with Gasteiger partial charge in [0.1, 0.15) is 0 Å². The number of aromatic carboxylic acids is 1. The number of benzene rings is 1. The number of halogens is 1. The van der Waals surface area contributed by atoms with Crippen molar-refractivity contribution >= 4 is 33.5 Å². The number of rotatable bonds is 3. The second-order valence-electron chi connectivity index (χ2n) is 4.07. The van der Waals surface area contributed by atoms with E-state index < -0.39 is 11.9 Å². The zero-order valence-electron chi connectivity index (χ0n) is 10.7. The van der Waals surface area contributed by atoms with E-state index in [1.54, 1.807) is 26.0 Å². The summed E-state index contributed by atoms with van der Waals surface area (Å²) >= 11 is 3.22. The zero-order valence-corrected chi connectivity index (χ0v) is 12.3. The predicted molar refractivity (Wildman–Crippen MR) is 75.0 cm³/mol. The van der Waals surface area contributed by atoms with E-state index in [9.17, 15) is 9.59 Å². The van der Waals surface area contributed by atoms with Crippen LogP contribution in [0.4, 0.5) is 5.69 Å². The van der Waals surface area contributed by atoms with Gasteiger partial charge in [-0.1, -0.05) is 6.07 Å². The van der Waals surface area contributed by atoms with Crippen LogP contribution in [-0.4, -0.2) is 22.0 Å². The molecule has 0 saturated carbocycles. The highest BCUT2D eigenvalue weighted by atomic mass is 79.9. The third-order valence-corrected chi connectivity index (χ3v) is 3.25. The molecule has 1 aromatic heterocycles. The predicted octanol–water partition coefficient (Wildman–Crippen LogP) is 3.00. The van der Waals surface area contributed by atoms with Crippen LogP contribution in [0.1, 0.15) is 32.5 Å². The van der Waals surface area contributed by atoms with Gasteiger partial charge in [-0.25, -0.2) is 9.78 Å². The second kappa shape index (κ2) is 5.46. The maximum Gasteiger partial charge on any atom is 0.337 e. The molecular formula is C13H11BrN2O4. The average Bonchev–Trinajstić information content (AvgIpc) is 2.70. The molecule has 0 bridgehead atoms. The van der Waals surface area contributed by atoms with Crippen molar-refractivity contribution in [3.8, 4) is 0 Å². The van der Waals surface area contributed by atoms with Gasteiger partial charge in [0.05, 0.1) is 16.9 Å². The van der Waals surface area contributed by atoms with E-state index in [-0.39, 0.29) is 17.0 Å². The lowest BCUT2D eigenvalue weighted by Gasteiger charge is -2.09. The highest BCUT2D eigenvalue weighted by Gasteiger charge is 2.20. The van der Waals surface area contributed by atoms with Crippen LogP contribution in [0.15, 0.2) is 27.1 Å². The van der Waals surface area contributed by atoms with Crippen molar-refractivity contribution in [2.75, 3.05) is 5.32 Å². The van der Waals surface area contributed by atoms with E-state index >= 15 is 0 Å². The van der Waals surface area contributed by atoms with Gasteiger partial charge >= 0.3 is 5.97 Å². The maximum atomic E-state index is 12.1. The van der Waals surface area contributed by atoms with Gasteiger partial charge in [0, 0.05) is 11.4 Å². The summed E-state index contributed by atoms with van der Waals surface area (Å²) in [6.07, 6.45) is 0. The number of aromatic nitrogens is 1. The highest BCUT2D eigenvalue weighted by molar-refractivity contribution is 9.10. The first kappa shape index (κ1) is 14.3. The van der Waals surface area contributed by atoms with Crippen molar-refractivity contribution in [3.63, 3.8) is 0 Å². The standard InChI is InChI=1S/C13H11BrN2O4/c1-6-11(20-7(2)15-6)12(17)16-10-8(13(18)19)4-3-5-9(10)14/h3-5H,1-2H3,(H,16,17)(H,18,19). The Morgan fingerprint density at radius 3 is 2.60 bits per heavy atom. The van der Waals surface area contributed by atoms with Crippen molar-refractivity contribution in [1.29, 1.82) is 0 Å². The number of oxazole rings is 1. The minimum atomic E-state index is -1.13. The van der Waals surface area contributed by atoms with Crippen molar-refractivity contribution in [1.82, 2.24) is 4.98 Å². The smallest absolute Gasteiger partial charge is 0.337 e. The Hall–Kier alpha value is -2.15. The lowest BCUT2D eigenvalue weighted by Crippen LogP contribution is -2.15. The number of carboxylic acids is 1. The van der Waals surface area contributed by atoms with Gasteiger partial charge in [-0.3, -0.25) is 4.79 Å². The molecule has 0 fully saturated rings. The number of nitrogens with one attached hydrogen (secondary N) is 1. The molecule has 0 aliphatic rings. The summed E-state index contributed by atoms with van der Waals surface area (Å²) < 4.78 is 5.67. The first-order valence-corrected chi connectivity index (χ1v) is 6.46. The molecular weight excluding hydrogens is 328 g/mol. The van der Waals surface area contributed by atoms with Crippen LogP contribution < -0.4 is 5.32 Å². The fourth-order valence-electron chi connectivity index (χ4n) is 1.74. The first-order chi connectivity index (χ1) is 9.40. The molecule has 0 aliphatic carbocycles. The average molecular weight is 339 g/mol. The van der Waals surface area contributed by atoms with Gasteiger partial charge in [-0.15, -0.1) is 0 Å². The molecule has 0 radical (unpaired) electrons. The van der Waals surface area contributed by atoms with Gasteiger partial charge in [0.15, 0.2) is 5.89 Å². The van der Waals surface area contributed by atoms with Crippen LogP contribution in [0, 0.1) is 13.8 Å². The fraction of sp³-hybridized carbons (Fsp3) is 0.154. The summed E-state index contributed by atoms with van der Waals surface area (Å²) in [5.41, 5.74) is 0.615. The van der Waals surface area contributed by atoms with E-state index in [4.69, 9.17) is 9.52 Å². The number of para-hydroxylation sites is 1. The number of anilines is 1. The number of hydrogen-bond acceptors (Lipinski definition) is 4. The number of hydrogen-bond donors (Lipinski definition) is 2. The molecule has 20 heavy (non-hydrogen) atoms. The second-order valence-corrected chi connectivity index (χ2v) is 4.92. The molecule has 0 unspecified atom stereocenters. The number of aryl methyl sites for hydroxylation is 2. The number of amides is 1. The van der Waals surface area contributed by atoms with Crippen molar-refractivity contribution in [2.24, 2.45) is 0 Å². The Morgan fingerprint density at radius 2 is 2.05 bits per heavy atom. The zero-order chi connectivity index (χ0) is 14.9. The summed E-state index contributed by atoms with van der Waals surface area (Å²) in [5.74, 6) is -1.24. The van der Waals surface area contributed by atoms with Crippen molar-refractivity contribution in [2.45, 2.75) is 13.8 Å². The molecule has 1 heterocycles. The Balaban J connectivity index is 2.37. The number of nitrogens with zero attached hydrogens (tertiary/aromatic N) is 1. The molecule has 0 atom stereocenters. The van der Waals surface area contributed by atoms with Crippen molar-refractivity contribution in [3.05, 3.63) is 45.6 Å². The SMILES string of the molecule is Cc1nc(C)c(C(=O)Nc2c(Br)cccc2C(=O)O)o1. The van der Waals surface area contributed by atoms with Crippen LogP contribution >= 0.6 is 15.9 Å². The lowest BCUT2D eigenvalue weighted by molar-refractivity contribution is 0.0698. The highest BCUT2D eigenvalue weighted by Crippen LogP contribution is 2.27. The molecule has 0 spiro atoms. The molecule has 1 amide bonds. The Kier molecular flexibility index (Phi) is 3.89. The Morgan fingerprint density at radius 1 is 1.35 bits per heavy atom. The largest absolute Gasteiger partial charge is 0.478 e. The summed E-state index contributed by atoms with van der Waals surface area (Å²) in [4.78, 5) is 27.3. The third-order valence-electron chi connectivity index (χ3n) is 2.59. The minimum Gasteiger partial charge on any atom is -0.478 e. The van der Waals surface area contributed by atoms with Crippen LogP contribution in [0.2, 0.25) is 0 Å². The molecule has 0 saturated heterocycles. The minimum absolute atomic E-state index is 0.0124. The molecule has 7 heteroatoms. The van der Waals surface area contributed by atoms with Crippen LogP contribution in [0.3, 0.4) is 0 Å². The number of carbonyl (C=O) groups is 2.